The molecule has 2 rings (SSSR count). The van der Waals surface area contributed by atoms with Gasteiger partial charge in [-0.1, -0.05) is 0 Å². The molecule has 1 fully saturated rings. The zero-order chi connectivity index (χ0) is 10.8. The second-order valence-corrected chi connectivity index (χ2v) is 3.61. The summed E-state index contributed by atoms with van der Waals surface area (Å²) in [6.07, 6.45) is 2.17. The molecular formula is C11H13F2NO. The van der Waals surface area contributed by atoms with E-state index in [0.29, 0.717) is 5.69 Å². The number of benzene rings is 1. The minimum absolute atomic E-state index is 0.0110. The molecule has 1 heterocycles. The Balaban J connectivity index is 2.41. The second-order valence-electron chi connectivity index (χ2n) is 3.61. The Labute approximate surface area is 87.5 Å². The van der Waals surface area contributed by atoms with Gasteiger partial charge < -0.3 is 9.64 Å². The van der Waals surface area contributed by atoms with Crippen LogP contribution in [0.15, 0.2) is 12.1 Å². The Morgan fingerprint density at radius 2 is 1.87 bits per heavy atom. The van der Waals surface area contributed by atoms with E-state index in [0.717, 1.165) is 32.0 Å². The van der Waals surface area contributed by atoms with Gasteiger partial charge in [-0.15, -0.1) is 0 Å². The monoisotopic (exact) mass is 213 g/mol. The summed E-state index contributed by atoms with van der Waals surface area (Å²) in [7, 11) is 1.36. The van der Waals surface area contributed by atoms with Crippen molar-refractivity contribution in [1.29, 1.82) is 0 Å². The van der Waals surface area contributed by atoms with Crippen LogP contribution < -0.4 is 9.64 Å². The zero-order valence-corrected chi connectivity index (χ0v) is 8.59. The van der Waals surface area contributed by atoms with Gasteiger partial charge in [-0.2, -0.15) is 4.39 Å². The topological polar surface area (TPSA) is 12.5 Å². The van der Waals surface area contributed by atoms with Gasteiger partial charge in [0, 0.05) is 13.1 Å². The van der Waals surface area contributed by atoms with Gasteiger partial charge in [0.1, 0.15) is 0 Å². The van der Waals surface area contributed by atoms with E-state index in [1.165, 1.54) is 7.11 Å². The molecule has 15 heavy (non-hydrogen) atoms. The van der Waals surface area contributed by atoms with Crippen molar-refractivity contribution < 1.29 is 13.5 Å². The van der Waals surface area contributed by atoms with E-state index in [9.17, 15) is 8.78 Å². The van der Waals surface area contributed by atoms with Gasteiger partial charge in [0.25, 0.3) is 0 Å². The van der Waals surface area contributed by atoms with E-state index >= 15 is 0 Å². The quantitative estimate of drug-likeness (QED) is 0.748. The molecular weight excluding hydrogens is 200 g/mol. The predicted octanol–water partition coefficient (Wildman–Crippen LogP) is 2.57. The molecule has 4 heteroatoms. The van der Waals surface area contributed by atoms with Crippen LogP contribution in [0.2, 0.25) is 0 Å². The highest BCUT2D eigenvalue weighted by molar-refractivity contribution is 5.59. The molecule has 0 spiro atoms. The van der Waals surface area contributed by atoms with E-state index in [1.807, 2.05) is 4.90 Å². The fourth-order valence-electron chi connectivity index (χ4n) is 1.92. The number of nitrogens with zero attached hydrogens (tertiary/aromatic N) is 1. The fraction of sp³-hybridized carbons (Fsp3) is 0.455. The van der Waals surface area contributed by atoms with E-state index in [1.54, 1.807) is 6.07 Å². The lowest BCUT2D eigenvalue weighted by atomic mass is 10.2. The van der Waals surface area contributed by atoms with Crippen LogP contribution in [-0.2, 0) is 0 Å². The van der Waals surface area contributed by atoms with Crippen molar-refractivity contribution in [2.24, 2.45) is 0 Å². The number of hydrogen-bond donors (Lipinski definition) is 0. The summed E-state index contributed by atoms with van der Waals surface area (Å²) >= 11 is 0. The van der Waals surface area contributed by atoms with Gasteiger partial charge >= 0.3 is 0 Å². The lowest BCUT2D eigenvalue weighted by Gasteiger charge is -2.20. The Morgan fingerprint density at radius 3 is 2.47 bits per heavy atom. The Kier molecular flexibility index (Phi) is 2.75. The normalized spacial score (nSPS) is 15.8. The minimum Gasteiger partial charge on any atom is -0.491 e. The summed E-state index contributed by atoms with van der Waals surface area (Å²) in [4.78, 5) is 2.02. The largest absolute Gasteiger partial charge is 0.491 e. The lowest BCUT2D eigenvalue weighted by Crippen LogP contribution is -2.19. The van der Waals surface area contributed by atoms with Crippen LogP contribution in [0.3, 0.4) is 0 Å². The molecule has 0 bridgehead atoms. The highest BCUT2D eigenvalue weighted by atomic mass is 19.2. The molecule has 0 amide bonds. The van der Waals surface area contributed by atoms with Gasteiger partial charge in [-0.3, -0.25) is 0 Å². The molecule has 1 aliphatic heterocycles. The molecule has 1 aliphatic rings. The van der Waals surface area contributed by atoms with Crippen LogP contribution in [0.25, 0.3) is 0 Å². The summed E-state index contributed by atoms with van der Waals surface area (Å²) < 4.78 is 31.3. The molecule has 1 aromatic rings. The number of methoxy groups -OCH3 is 1. The maximum absolute atomic E-state index is 13.4. The highest BCUT2D eigenvalue weighted by Crippen LogP contribution is 2.34. The number of ether oxygens (including phenoxy) is 1. The number of rotatable bonds is 2. The molecule has 0 unspecified atom stereocenters. The first-order valence-electron chi connectivity index (χ1n) is 5.01. The maximum atomic E-state index is 13.4. The van der Waals surface area contributed by atoms with Crippen molar-refractivity contribution in [3.63, 3.8) is 0 Å². The van der Waals surface area contributed by atoms with Crippen LogP contribution in [-0.4, -0.2) is 20.2 Å². The molecule has 0 aliphatic carbocycles. The number of halogens is 2. The van der Waals surface area contributed by atoms with Crippen molar-refractivity contribution in [2.45, 2.75) is 12.8 Å². The minimum atomic E-state index is -0.901. The van der Waals surface area contributed by atoms with Crippen molar-refractivity contribution in [3.8, 4) is 5.75 Å². The van der Waals surface area contributed by atoms with Crippen molar-refractivity contribution in [1.82, 2.24) is 0 Å². The standard InChI is InChI=1S/C11H13F2NO/c1-15-11-9(14-6-2-3-7-14)5-4-8(12)10(11)13/h4-5H,2-3,6-7H2,1H3. The summed E-state index contributed by atoms with van der Waals surface area (Å²) in [5.74, 6) is -1.76. The Hall–Kier alpha value is -1.32. The third kappa shape index (κ3) is 1.76. The van der Waals surface area contributed by atoms with E-state index in [-0.39, 0.29) is 5.75 Å². The van der Waals surface area contributed by atoms with E-state index in [2.05, 4.69) is 0 Å². The average Bonchev–Trinajstić information content (AvgIpc) is 2.75. The first-order chi connectivity index (χ1) is 7.24. The molecule has 0 radical (unpaired) electrons. The summed E-state index contributed by atoms with van der Waals surface area (Å²) in [6, 6.07) is 2.72. The third-order valence-electron chi connectivity index (χ3n) is 2.68. The second kappa shape index (κ2) is 4.04. The Bertz CT molecular complexity index is 362. The van der Waals surface area contributed by atoms with Gasteiger partial charge in [-0.05, 0) is 25.0 Å². The molecule has 0 N–H and O–H groups in total. The number of hydrogen-bond acceptors (Lipinski definition) is 2. The van der Waals surface area contributed by atoms with Crippen molar-refractivity contribution in [2.75, 3.05) is 25.1 Å². The third-order valence-corrected chi connectivity index (χ3v) is 2.68. The van der Waals surface area contributed by atoms with Crippen LogP contribution in [0.5, 0.6) is 5.75 Å². The van der Waals surface area contributed by atoms with Crippen molar-refractivity contribution >= 4 is 5.69 Å². The van der Waals surface area contributed by atoms with Gasteiger partial charge in [-0.25, -0.2) is 4.39 Å². The molecule has 1 saturated heterocycles. The van der Waals surface area contributed by atoms with E-state index < -0.39 is 11.6 Å². The summed E-state index contributed by atoms with van der Waals surface area (Å²) in [5, 5.41) is 0. The molecule has 0 atom stereocenters. The van der Waals surface area contributed by atoms with Gasteiger partial charge in [0.15, 0.2) is 11.6 Å². The zero-order valence-electron chi connectivity index (χ0n) is 8.59. The molecule has 2 nitrogen and oxygen atoms in total. The fourth-order valence-corrected chi connectivity index (χ4v) is 1.92. The maximum Gasteiger partial charge on any atom is 0.202 e. The van der Waals surface area contributed by atoms with Gasteiger partial charge in [0.05, 0.1) is 12.8 Å². The van der Waals surface area contributed by atoms with Gasteiger partial charge in [0.2, 0.25) is 5.82 Å². The summed E-state index contributed by atoms with van der Waals surface area (Å²) in [6.45, 7) is 1.75. The SMILES string of the molecule is COc1c(N2CCCC2)ccc(F)c1F. The average molecular weight is 213 g/mol. The first-order valence-corrected chi connectivity index (χ1v) is 5.01. The lowest BCUT2D eigenvalue weighted by molar-refractivity contribution is 0.372. The smallest absolute Gasteiger partial charge is 0.202 e. The van der Waals surface area contributed by atoms with Crippen LogP contribution in [0.1, 0.15) is 12.8 Å². The summed E-state index contributed by atoms with van der Waals surface area (Å²) in [5.41, 5.74) is 0.647. The van der Waals surface area contributed by atoms with Crippen LogP contribution in [0.4, 0.5) is 14.5 Å². The highest BCUT2D eigenvalue weighted by Gasteiger charge is 2.20. The van der Waals surface area contributed by atoms with Crippen molar-refractivity contribution in [3.05, 3.63) is 23.8 Å². The molecule has 1 aromatic carbocycles. The van der Waals surface area contributed by atoms with Crippen LogP contribution >= 0.6 is 0 Å². The Morgan fingerprint density at radius 1 is 1.20 bits per heavy atom. The predicted molar refractivity (Wildman–Crippen MR) is 54.4 cm³/mol. The number of anilines is 1. The molecule has 82 valence electrons. The first kappa shape index (κ1) is 10.2. The van der Waals surface area contributed by atoms with Crippen LogP contribution in [0, 0.1) is 11.6 Å². The molecule has 0 saturated carbocycles. The molecule has 0 aromatic heterocycles. The van der Waals surface area contributed by atoms with E-state index in [4.69, 9.17) is 4.74 Å².